The van der Waals surface area contributed by atoms with E-state index in [0.29, 0.717) is 0 Å². The second-order valence-electron chi connectivity index (χ2n) is 4.62. The fraction of sp³-hybridized carbons (Fsp3) is 0.909. The summed E-state index contributed by atoms with van der Waals surface area (Å²) in [5.41, 5.74) is 5.70. The molecule has 0 saturated carbocycles. The Morgan fingerprint density at radius 3 is 2.55 bits per heavy atom. The molecule has 0 radical (unpaired) electrons. The Labute approximate surface area is 115 Å². The molecule has 6 atom stereocenters. The summed E-state index contributed by atoms with van der Waals surface area (Å²) in [5.74, 6) is -2.83. The Balaban J connectivity index is 3.02. The molecule has 0 aromatic rings. The van der Waals surface area contributed by atoms with Crippen LogP contribution in [0.3, 0.4) is 0 Å². The fourth-order valence-corrected chi connectivity index (χ4v) is 2.10. The third-order valence-electron chi connectivity index (χ3n) is 3.37. The molecule has 0 aromatic heterocycles. The lowest BCUT2D eigenvalue weighted by Crippen LogP contribution is -2.66. The Kier molecular flexibility index (Phi) is 5.83. The maximum atomic E-state index is 11.8. The molecular formula is C11H21NO8. The van der Waals surface area contributed by atoms with E-state index >= 15 is 0 Å². The zero-order valence-corrected chi connectivity index (χ0v) is 11.3. The van der Waals surface area contributed by atoms with Gasteiger partial charge in [0.15, 0.2) is 0 Å². The second-order valence-corrected chi connectivity index (χ2v) is 4.62. The second kappa shape index (κ2) is 6.76. The lowest BCUT2D eigenvalue weighted by Gasteiger charge is -2.45. The van der Waals surface area contributed by atoms with Crippen LogP contribution in [0.15, 0.2) is 0 Å². The number of esters is 1. The monoisotopic (exact) mass is 295 g/mol. The number of carbonyl (C=O) groups is 1. The highest BCUT2D eigenvalue weighted by atomic mass is 16.7. The lowest BCUT2D eigenvalue weighted by atomic mass is 9.89. The molecule has 9 nitrogen and oxygen atoms in total. The highest BCUT2D eigenvalue weighted by Gasteiger charge is 2.54. The molecule has 1 heterocycles. The van der Waals surface area contributed by atoms with Gasteiger partial charge in [0.1, 0.15) is 18.3 Å². The van der Waals surface area contributed by atoms with Crippen LogP contribution in [-0.4, -0.2) is 83.5 Å². The number of aliphatic hydroxyl groups is 4. The SMILES string of the molecule is COC(=O)[C@]1(OC)C[C@H](O)[C@H](N)[C@@H]([C@@H](O)[C@@H](O)CO)O1. The Hall–Kier alpha value is -0.810. The highest BCUT2D eigenvalue weighted by Crippen LogP contribution is 2.32. The van der Waals surface area contributed by atoms with Crippen molar-refractivity contribution in [2.75, 3.05) is 20.8 Å². The van der Waals surface area contributed by atoms with Crippen LogP contribution in [0, 0.1) is 0 Å². The Morgan fingerprint density at radius 1 is 1.50 bits per heavy atom. The summed E-state index contributed by atoms with van der Waals surface area (Å²) in [6.45, 7) is -0.734. The number of aliphatic hydroxyl groups excluding tert-OH is 4. The van der Waals surface area contributed by atoms with Gasteiger partial charge < -0.3 is 40.4 Å². The molecule has 0 aromatic carbocycles. The van der Waals surface area contributed by atoms with E-state index in [9.17, 15) is 20.1 Å². The predicted octanol–water partition coefficient (Wildman–Crippen LogP) is -3.31. The van der Waals surface area contributed by atoms with Gasteiger partial charge >= 0.3 is 5.97 Å². The predicted molar refractivity (Wildman–Crippen MR) is 64.3 cm³/mol. The average Bonchev–Trinajstić information content (AvgIpc) is 2.47. The van der Waals surface area contributed by atoms with Gasteiger partial charge in [-0.3, -0.25) is 0 Å². The third kappa shape index (κ3) is 3.09. The zero-order chi connectivity index (χ0) is 15.5. The van der Waals surface area contributed by atoms with Crippen LogP contribution in [0.25, 0.3) is 0 Å². The van der Waals surface area contributed by atoms with Crippen molar-refractivity contribution in [3.05, 3.63) is 0 Å². The van der Waals surface area contributed by atoms with Crippen LogP contribution in [0.4, 0.5) is 0 Å². The normalized spacial score (nSPS) is 37.2. The quantitative estimate of drug-likeness (QED) is 0.328. The number of hydrogen-bond acceptors (Lipinski definition) is 9. The molecule has 0 spiro atoms. The number of rotatable bonds is 5. The minimum atomic E-state index is -1.93. The number of ether oxygens (including phenoxy) is 3. The summed E-state index contributed by atoms with van der Waals surface area (Å²) in [5, 5.41) is 38.1. The minimum absolute atomic E-state index is 0.282. The van der Waals surface area contributed by atoms with Gasteiger partial charge in [0.05, 0.1) is 25.9 Å². The van der Waals surface area contributed by atoms with Crippen LogP contribution in [-0.2, 0) is 19.0 Å². The molecule has 9 heteroatoms. The van der Waals surface area contributed by atoms with E-state index in [-0.39, 0.29) is 6.42 Å². The summed E-state index contributed by atoms with van der Waals surface area (Å²) in [6.07, 6.45) is -5.98. The van der Waals surface area contributed by atoms with Crippen molar-refractivity contribution in [3.8, 4) is 0 Å². The molecule has 20 heavy (non-hydrogen) atoms. The van der Waals surface area contributed by atoms with E-state index in [1.165, 1.54) is 7.11 Å². The van der Waals surface area contributed by atoms with E-state index in [1.54, 1.807) is 0 Å². The Bertz CT molecular complexity index is 340. The van der Waals surface area contributed by atoms with Gasteiger partial charge in [-0.2, -0.15) is 0 Å². The molecule has 1 rings (SSSR count). The van der Waals surface area contributed by atoms with E-state index < -0.39 is 48.8 Å². The molecule has 0 aliphatic carbocycles. The molecule has 118 valence electrons. The molecule has 0 amide bonds. The smallest absolute Gasteiger partial charge is 0.366 e. The average molecular weight is 295 g/mol. The molecule has 0 unspecified atom stereocenters. The van der Waals surface area contributed by atoms with Gasteiger partial charge in [0.2, 0.25) is 0 Å². The molecule has 1 aliphatic rings. The molecule has 6 N–H and O–H groups in total. The van der Waals surface area contributed by atoms with Gasteiger partial charge in [0, 0.05) is 13.5 Å². The Morgan fingerprint density at radius 2 is 2.10 bits per heavy atom. The van der Waals surface area contributed by atoms with Gasteiger partial charge in [-0.25, -0.2) is 4.79 Å². The fourth-order valence-electron chi connectivity index (χ4n) is 2.10. The van der Waals surface area contributed by atoms with Gasteiger partial charge in [-0.1, -0.05) is 0 Å². The lowest BCUT2D eigenvalue weighted by molar-refractivity contribution is -0.302. The standard InChI is InChI=1S/C11H21NO8/c1-18-10(17)11(19-2)3-5(14)7(12)9(20-11)8(16)6(15)4-13/h5-9,13-16H,3-4,12H2,1-2H3/t5-,6-,7-,8-,9-,11-/m0/s1. The van der Waals surface area contributed by atoms with Crippen LogP contribution in [0.1, 0.15) is 6.42 Å². The summed E-state index contributed by atoms with van der Waals surface area (Å²) >= 11 is 0. The maximum absolute atomic E-state index is 11.8. The van der Waals surface area contributed by atoms with Crippen LogP contribution >= 0.6 is 0 Å². The topological polar surface area (TPSA) is 152 Å². The first kappa shape index (κ1) is 17.2. The number of carbonyl (C=O) groups excluding carboxylic acids is 1. The van der Waals surface area contributed by atoms with E-state index in [2.05, 4.69) is 4.74 Å². The van der Waals surface area contributed by atoms with Crippen molar-refractivity contribution in [1.82, 2.24) is 0 Å². The number of nitrogens with two attached hydrogens (primary N) is 1. The molecular weight excluding hydrogens is 274 g/mol. The van der Waals surface area contributed by atoms with Crippen molar-refractivity contribution < 1.29 is 39.4 Å². The summed E-state index contributed by atoms with van der Waals surface area (Å²) < 4.78 is 14.9. The van der Waals surface area contributed by atoms with Crippen LogP contribution in [0.5, 0.6) is 0 Å². The van der Waals surface area contributed by atoms with E-state index in [1.807, 2.05) is 0 Å². The maximum Gasteiger partial charge on any atom is 0.366 e. The summed E-state index contributed by atoms with van der Waals surface area (Å²) in [4.78, 5) is 11.8. The highest BCUT2D eigenvalue weighted by molar-refractivity contribution is 5.78. The summed E-state index contributed by atoms with van der Waals surface area (Å²) in [7, 11) is 2.29. The summed E-state index contributed by atoms with van der Waals surface area (Å²) in [6, 6.07) is -1.07. The first-order valence-electron chi connectivity index (χ1n) is 6.05. The van der Waals surface area contributed by atoms with E-state index in [0.717, 1.165) is 7.11 Å². The molecule has 1 fully saturated rings. The minimum Gasteiger partial charge on any atom is -0.465 e. The molecule has 1 aliphatic heterocycles. The first-order chi connectivity index (χ1) is 9.32. The van der Waals surface area contributed by atoms with Crippen molar-refractivity contribution in [2.45, 2.75) is 42.7 Å². The zero-order valence-electron chi connectivity index (χ0n) is 11.3. The largest absolute Gasteiger partial charge is 0.465 e. The van der Waals surface area contributed by atoms with E-state index in [4.69, 9.17) is 20.3 Å². The van der Waals surface area contributed by atoms with Gasteiger partial charge in [0.25, 0.3) is 5.79 Å². The van der Waals surface area contributed by atoms with Gasteiger partial charge in [-0.05, 0) is 0 Å². The van der Waals surface area contributed by atoms with Crippen molar-refractivity contribution in [2.24, 2.45) is 5.73 Å². The van der Waals surface area contributed by atoms with Crippen LogP contribution in [0.2, 0.25) is 0 Å². The third-order valence-corrected chi connectivity index (χ3v) is 3.37. The van der Waals surface area contributed by atoms with Crippen molar-refractivity contribution in [1.29, 1.82) is 0 Å². The molecule has 1 saturated heterocycles. The van der Waals surface area contributed by atoms with Crippen LogP contribution < -0.4 is 5.73 Å². The number of methoxy groups -OCH3 is 2. The van der Waals surface area contributed by atoms with Gasteiger partial charge in [-0.15, -0.1) is 0 Å². The molecule has 0 bridgehead atoms. The first-order valence-corrected chi connectivity index (χ1v) is 6.05. The van der Waals surface area contributed by atoms with Crippen molar-refractivity contribution >= 4 is 5.97 Å². The number of hydrogen-bond donors (Lipinski definition) is 5. The van der Waals surface area contributed by atoms with Crippen molar-refractivity contribution in [3.63, 3.8) is 0 Å².